The molecule has 1 aromatic carbocycles. The van der Waals surface area contributed by atoms with E-state index in [4.69, 9.17) is 5.73 Å². The van der Waals surface area contributed by atoms with Gasteiger partial charge >= 0.3 is 0 Å². The highest BCUT2D eigenvalue weighted by Gasteiger charge is 2.19. The van der Waals surface area contributed by atoms with Crippen LogP contribution in [-0.2, 0) is 11.3 Å². The average molecular weight is 222 g/mol. The van der Waals surface area contributed by atoms with Crippen LogP contribution in [0.25, 0.3) is 0 Å². The van der Waals surface area contributed by atoms with Crippen LogP contribution in [0.1, 0.15) is 12.5 Å². The van der Waals surface area contributed by atoms with Gasteiger partial charge in [0.05, 0.1) is 0 Å². The number of carbonyl (C=O) groups excluding carboxylic acids is 1. The van der Waals surface area contributed by atoms with E-state index in [0.29, 0.717) is 13.1 Å². The van der Waals surface area contributed by atoms with Crippen LogP contribution in [-0.4, -0.2) is 35.1 Å². The van der Waals surface area contributed by atoms with E-state index in [2.05, 4.69) is 0 Å². The smallest absolute Gasteiger partial charge is 0.253 e. The largest absolute Gasteiger partial charge is 0.382 e. The molecule has 0 fully saturated rings. The number of nitrogens with zero attached hydrogens (tertiary/aromatic N) is 1. The van der Waals surface area contributed by atoms with Crippen molar-refractivity contribution in [1.82, 2.24) is 4.90 Å². The molecular weight excluding hydrogens is 204 g/mol. The standard InChI is InChI=1S/C12H18N2O2/c1-2-14(12(16)11(15)8-13)9-10-6-4-3-5-7-10/h3-7,11,15H,2,8-9,13H2,1H3. The third-order valence-electron chi connectivity index (χ3n) is 2.42. The van der Waals surface area contributed by atoms with Crippen molar-refractivity contribution < 1.29 is 9.90 Å². The predicted octanol–water partition coefficient (Wildman–Crippen LogP) is 0.355. The van der Waals surface area contributed by atoms with Gasteiger partial charge in [-0.1, -0.05) is 30.3 Å². The zero-order valence-corrected chi connectivity index (χ0v) is 9.47. The second-order valence-electron chi connectivity index (χ2n) is 3.59. The van der Waals surface area contributed by atoms with Gasteiger partial charge in [-0.25, -0.2) is 0 Å². The SMILES string of the molecule is CCN(Cc1ccccc1)C(=O)C(O)CN. The Bertz CT molecular complexity index is 327. The van der Waals surface area contributed by atoms with Crippen LogP contribution in [0.2, 0.25) is 0 Å². The van der Waals surface area contributed by atoms with Crippen molar-refractivity contribution in [1.29, 1.82) is 0 Å². The third kappa shape index (κ3) is 3.32. The summed E-state index contributed by atoms with van der Waals surface area (Å²) >= 11 is 0. The van der Waals surface area contributed by atoms with E-state index < -0.39 is 6.10 Å². The van der Waals surface area contributed by atoms with Crippen LogP contribution in [0.4, 0.5) is 0 Å². The van der Waals surface area contributed by atoms with Crippen LogP contribution in [0.5, 0.6) is 0 Å². The van der Waals surface area contributed by atoms with Crippen molar-refractivity contribution in [3.8, 4) is 0 Å². The van der Waals surface area contributed by atoms with E-state index in [9.17, 15) is 9.90 Å². The third-order valence-corrected chi connectivity index (χ3v) is 2.42. The average Bonchev–Trinajstić information content (AvgIpc) is 2.35. The summed E-state index contributed by atoms with van der Waals surface area (Å²) in [6.45, 7) is 2.91. The van der Waals surface area contributed by atoms with Crippen LogP contribution < -0.4 is 5.73 Å². The van der Waals surface area contributed by atoms with E-state index in [1.165, 1.54) is 0 Å². The van der Waals surface area contributed by atoms with Gasteiger partial charge in [0.2, 0.25) is 0 Å². The molecule has 0 spiro atoms. The number of hydrogen-bond acceptors (Lipinski definition) is 3. The molecule has 0 radical (unpaired) electrons. The van der Waals surface area contributed by atoms with Crippen molar-refractivity contribution in [3.63, 3.8) is 0 Å². The second-order valence-corrected chi connectivity index (χ2v) is 3.59. The Balaban J connectivity index is 2.66. The Kier molecular flexibility index (Phi) is 4.95. The molecule has 0 heterocycles. The molecule has 0 bridgehead atoms. The van der Waals surface area contributed by atoms with Gasteiger partial charge in [0.1, 0.15) is 6.10 Å². The predicted molar refractivity (Wildman–Crippen MR) is 62.6 cm³/mol. The number of aliphatic hydroxyl groups is 1. The van der Waals surface area contributed by atoms with E-state index in [-0.39, 0.29) is 12.5 Å². The van der Waals surface area contributed by atoms with Gasteiger partial charge in [-0.15, -0.1) is 0 Å². The summed E-state index contributed by atoms with van der Waals surface area (Å²) in [5.41, 5.74) is 6.30. The van der Waals surface area contributed by atoms with Crippen LogP contribution in [0.3, 0.4) is 0 Å². The summed E-state index contributed by atoms with van der Waals surface area (Å²) in [6, 6.07) is 9.67. The first-order valence-electron chi connectivity index (χ1n) is 5.39. The summed E-state index contributed by atoms with van der Waals surface area (Å²) in [6.07, 6.45) is -1.09. The molecule has 1 aromatic rings. The molecule has 0 aliphatic carbocycles. The van der Waals surface area contributed by atoms with Crippen LogP contribution >= 0.6 is 0 Å². The molecule has 16 heavy (non-hydrogen) atoms. The van der Waals surface area contributed by atoms with Crippen molar-refractivity contribution in [3.05, 3.63) is 35.9 Å². The lowest BCUT2D eigenvalue weighted by atomic mass is 10.2. The molecule has 0 aromatic heterocycles. The van der Waals surface area contributed by atoms with Crippen LogP contribution in [0, 0.1) is 0 Å². The minimum atomic E-state index is -1.09. The Morgan fingerprint density at radius 1 is 1.44 bits per heavy atom. The van der Waals surface area contributed by atoms with Gasteiger partial charge in [-0.2, -0.15) is 0 Å². The van der Waals surface area contributed by atoms with Crippen LogP contribution in [0.15, 0.2) is 30.3 Å². The number of likely N-dealkylation sites (N-methyl/N-ethyl adjacent to an activating group) is 1. The number of amides is 1. The number of carbonyl (C=O) groups is 1. The number of rotatable bonds is 5. The van der Waals surface area contributed by atoms with E-state index in [0.717, 1.165) is 5.56 Å². The summed E-state index contributed by atoms with van der Waals surface area (Å²) in [4.78, 5) is 13.3. The topological polar surface area (TPSA) is 66.6 Å². The molecule has 0 saturated carbocycles. The van der Waals surface area contributed by atoms with Crippen molar-refractivity contribution in [2.45, 2.75) is 19.6 Å². The highest BCUT2D eigenvalue weighted by molar-refractivity contribution is 5.80. The normalized spacial score (nSPS) is 12.2. The van der Waals surface area contributed by atoms with Crippen molar-refractivity contribution in [2.24, 2.45) is 5.73 Å². The first-order valence-corrected chi connectivity index (χ1v) is 5.39. The number of benzene rings is 1. The van der Waals surface area contributed by atoms with Crippen molar-refractivity contribution >= 4 is 5.91 Å². The first-order chi connectivity index (χ1) is 7.69. The Morgan fingerprint density at radius 3 is 2.56 bits per heavy atom. The van der Waals surface area contributed by atoms with Gasteiger partial charge in [-0.3, -0.25) is 4.79 Å². The lowest BCUT2D eigenvalue weighted by molar-refractivity contribution is -0.140. The number of nitrogens with two attached hydrogens (primary N) is 1. The first kappa shape index (κ1) is 12.7. The molecule has 0 aliphatic heterocycles. The van der Waals surface area contributed by atoms with Crippen molar-refractivity contribution in [2.75, 3.05) is 13.1 Å². The van der Waals surface area contributed by atoms with E-state index in [1.54, 1.807) is 4.90 Å². The minimum absolute atomic E-state index is 0.0376. The number of aliphatic hydroxyl groups excluding tert-OH is 1. The number of hydrogen-bond donors (Lipinski definition) is 2. The molecule has 1 unspecified atom stereocenters. The summed E-state index contributed by atoms with van der Waals surface area (Å²) in [7, 11) is 0. The molecule has 0 saturated heterocycles. The lowest BCUT2D eigenvalue weighted by Gasteiger charge is -2.23. The maximum atomic E-state index is 11.7. The fourth-order valence-electron chi connectivity index (χ4n) is 1.46. The molecular formula is C12H18N2O2. The second kappa shape index (κ2) is 6.25. The quantitative estimate of drug-likeness (QED) is 0.755. The molecule has 4 heteroatoms. The molecule has 1 atom stereocenters. The Labute approximate surface area is 95.7 Å². The Hall–Kier alpha value is -1.39. The van der Waals surface area contributed by atoms with Gasteiger partial charge in [0.25, 0.3) is 5.91 Å². The summed E-state index contributed by atoms with van der Waals surface area (Å²) in [5.74, 6) is -0.311. The minimum Gasteiger partial charge on any atom is -0.382 e. The highest BCUT2D eigenvalue weighted by Crippen LogP contribution is 2.05. The summed E-state index contributed by atoms with van der Waals surface area (Å²) < 4.78 is 0. The molecule has 1 rings (SSSR count). The molecule has 4 nitrogen and oxygen atoms in total. The molecule has 88 valence electrons. The van der Waals surface area contributed by atoms with Gasteiger partial charge < -0.3 is 15.7 Å². The van der Waals surface area contributed by atoms with E-state index in [1.807, 2.05) is 37.3 Å². The molecule has 0 aliphatic rings. The fraction of sp³-hybridized carbons (Fsp3) is 0.417. The monoisotopic (exact) mass is 222 g/mol. The van der Waals surface area contributed by atoms with Gasteiger partial charge in [-0.05, 0) is 12.5 Å². The zero-order chi connectivity index (χ0) is 12.0. The highest BCUT2D eigenvalue weighted by atomic mass is 16.3. The van der Waals surface area contributed by atoms with Gasteiger partial charge in [0, 0.05) is 19.6 Å². The lowest BCUT2D eigenvalue weighted by Crippen LogP contribution is -2.42. The Morgan fingerprint density at radius 2 is 2.06 bits per heavy atom. The maximum Gasteiger partial charge on any atom is 0.253 e. The maximum absolute atomic E-state index is 11.7. The zero-order valence-electron chi connectivity index (χ0n) is 9.47. The van der Waals surface area contributed by atoms with E-state index >= 15 is 0 Å². The van der Waals surface area contributed by atoms with Gasteiger partial charge in [0.15, 0.2) is 0 Å². The fourth-order valence-corrected chi connectivity index (χ4v) is 1.46. The summed E-state index contributed by atoms with van der Waals surface area (Å²) in [5, 5.41) is 9.39. The molecule has 1 amide bonds. The molecule has 3 N–H and O–H groups in total.